The lowest BCUT2D eigenvalue weighted by Gasteiger charge is -2.19. The van der Waals surface area contributed by atoms with Crippen LogP contribution in [0, 0.1) is 0 Å². The molecule has 100 valence electrons. The molecule has 0 aliphatic carbocycles. The lowest BCUT2D eigenvalue weighted by atomic mass is 9.97. The lowest BCUT2D eigenvalue weighted by Crippen LogP contribution is -2.26. The summed E-state index contributed by atoms with van der Waals surface area (Å²) in [6.45, 7) is 5.93. The Balaban J connectivity index is 3.04. The molecule has 0 spiro atoms. The molecule has 2 atom stereocenters. The van der Waals surface area contributed by atoms with Crippen molar-refractivity contribution in [2.45, 2.75) is 45.6 Å². The highest BCUT2D eigenvalue weighted by atomic mass is 35.5. The van der Waals surface area contributed by atoms with E-state index in [1.54, 1.807) is 19.1 Å². The number of aliphatic carboxylic acids is 1. The molecule has 1 N–H and O–H groups in total. The normalized spacial score (nSPS) is 14.0. The Bertz CT molecular complexity index is 418. The second-order valence-electron chi connectivity index (χ2n) is 4.34. The molecule has 1 aromatic rings. The fraction of sp³-hybridized carbons (Fsp3) is 0.500. The quantitative estimate of drug-likeness (QED) is 0.847. The molecule has 0 aromatic heterocycles. The van der Waals surface area contributed by atoms with Crippen LogP contribution in [0.3, 0.4) is 0 Å². The maximum atomic E-state index is 11.0. The van der Waals surface area contributed by atoms with Crippen molar-refractivity contribution in [2.75, 3.05) is 0 Å². The van der Waals surface area contributed by atoms with Gasteiger partial charge in [-0.2, -0.15) is 0 Å². The third-order valence-electron chi connectivity index (χ3n) is 3.03. The summed E-state index contributed by atoms with van der Waals surface area (Å²) in [5.41, 5.74) is 0.963. The van der Waals surface area contributed by atoms with Crippen molar-refractivity contribution in [1.29, 1.82) is 0 Å². The molecule has 1 aromatic carbocycles. The van der Waals surface area contributed by atoms with Gasteiger partial charge in [-0.25, -0.2) is 4.79 Å². The van der Waals surface area contributed by atoms with Crippen molar-refractivity contribution >= 4 is 17.6 Å². The summed E-state index contributed by atoms with van der Waals surface area (Å²) in [6, 6.07) is 5.31. The van der Waals surface area contributed by atoms with E-state index in [0.29, 0.717) is 17.2 Å². The molecule has 2 unspecified atom stereocenters. The van der Waals surface area contributed by atoms with Crippen molar-refractivity contribution in [1.82, 2.24) is 0 Å². The largest absolute Gasteiger partial charge is 0.479 e. The van der Waals surface area contributed by atoms with Crippen molar-refractivity contribution in [3.63, 3.8) is 0 Å². The van der Waals surface area contributed by atoms with Crippen LogP contribution in [0.5, 0.6) is 5.75 Å². The van der Waals surface area contributed by atoms with E-state index in [1.165, 1.54) is 0 Å². The number of halogens is 1. The van der Waals surface area contributed by atoms with Crippen LogP contribution >= 0.6 is 11.6 Å². The van der Waals surface area contributed by atoms with E-state index in [1.807, 2.05) is 6.07 Å². The van der Waals surface area contributed by atoms with Crippen LogP contribution in [-0.4, -0.2) is 17.2 Å². The van der Waals surface area contributed by atoms with Gasteiger partial charge >= 0.3 is 5.97 Å². The molecule has 0 aliphatic rings. The monoisotopic (exact) mass is 270 g/mol. The van der Waals surface area contributed by atoms with E-state index < -0.39 is 12.1 Å². The summed E-state index contributed by atoms with van der Waals surface area (Å²) in [7, 11) is 0. The van der Waals surface area contributed by atoms with Crippen LogP contribution in [0.25, 0.3) is 0 Å². The minimum Gasteiger partial charge on any atom is -0.479 e. The summed E-state index contributed by atoms with van der Waals surface area (Å²) >= 11 is 5.98. The second-order valence-corrected chi connectivity index (χ2v) is 4.78. The van der Waals surface area contributed by atoms with Crippen molar-refractivity contribution in [3.8, 4) is 5.75 Å². The maximum absolute atomic E-state index is 11.0. The highest BCUT2D eigenvalue weighted by Crippen LogP contribution is 2.32. The SMILES string of the molecule is CCC(Oc1ccc(Cl)cc1C(C)CC)C(=O)O. The third kappa shape index (κ3) is 3.64. The maximum Gasteiger partial charge on any atom is 0.344 e. The molecule has 4 heteroatoms. The average Bonchev–Trinajstić information content (AvgIpc) is 2.35. The molecule has 0 radical (unpaired) electrons. The zero-order valence-corrected chi connectivity index (χ0v) is 11.7. The van der Waals surface area contributed by atoms with Crippen LogP contribution in [0.1, 0.15) is 45.1 Å². The van der Waals surface area contributed by atoms with E-state index in [4.69, 9.17) is 21.4 Å². The number of carboxylic acid groups (broad SMARTS) is 1. The van der Waals surface area contributed by atoms with E-state index in [-0.39, 0.29) is 5.92 Å². The van der Waals surface area contributed by atoms with E-state index in [2.05, 4.69) is 13.8 Å². The van der Waals surface area contributed by atoms with Crippen molar-refractivity contribution < 1.29 is 14.6 Å². The number of ether oxygens (including phenoxy) is 1. The molecule has 0 saturated heterocycles. The number of benzene rings is 1. The molecule has 0 amide bonds. The predicted molar refractivity (Wildman–Crippen MR) is 72.5 cm³/mol. The standard InChI is InChI=1S/C14H19ClO3/c1-4-9(3)11-8-10(15)6-7-13(11)18-12(5-2)14(16)17/h6-9,12H,4-5H2,1-3H3,(H,16,17). The summed E-state index contributed by atoms with van der Waals surface area (Å²) < 4.78 is 5.58. The van der Waals surface area contributed by atoms with Gasteiger partial charge < -0.3 is 9.84 Å². The van der Waals surface area contributed by atoms with Gasteiger partial charge in [0.15, 0.2) is 6.10 Å². The van der Waals surface area contributed by atoms with Gasteiger partial charge in [-0.05, 0) is 42.5 Å². The van der Waals surface area contributed by atoms with Gasteiger partial charge in [0.05, 0.1) is 0 Å². The molecule has 3 nitrogen and oxygen atoms in total. The fourth-order valence-electron chi connectivity index (χ4n) is 1.69. The predicted octanol–water partition coefficient (Wildman–Crippen LogP) is 4.10. The summed E-state index contributed by atoms with van der Waals surface area (Å²) in [6.07, 6.45) is 0.562. The zero-order valence-electron chi connectivity index (χ0n) is 10.9. The van der Waals surface area contributed by atoms with Crippen LogP contribution in [-0.2, 0) is 4.79 Å². The number of carboxylic acids is 1. The Morgan fingerprint density at radius 1 is 1.39 bits per heavy atom. The Hall–Kier alpha value is -1.22. The van der Waals surface area contributed by atoms with E-state index in [9.17, 15) is 4.79 Å². The number of carbonyl (C=O) groups is 1. The first-order chi connectivity index (χ1) is 8.49. The van der Waals surface area contributed by atoms with Crippen molar-refractivity contribution in [3.05, 3.63) is 28.8 Å². The summed E-state index contributed by atoms with van der Waals surface area (Å²) in [5, 5.41) is 9.66. The first-order valence-corrected chi connectivity index (χ1v) is 6.56. The first kappa shape index (κ1) is 14.8. The first-order valence-electron chi connectivity index (χ1n) is 6.18. The number of rotatable bonds is 6. The Labute approximate surface area is 113 Å². The Morgan fingerprint density at radius 2 is 2.06 bits per heavy atom. The molecule has 18 heavy (non-hydrogen) atoms. The minimum absolute atomic E-state index is 0.282. The Kier molecular flexibility index (Phi) is 5.48. The van der Waals surface area contributed by atoms with Gasteiger partial charge in [-0.1, -0.05) is 32.4 Å². The van der Waals surface area contributed by atoms with Crippen LogP contribution in [0.4, 0.5) is 0 Å². The zero-order chi connectivity index (χ0) is 13.7. The average molecular weight is 271 g/mol. The molecular weight excluding hydrogens is 252 g/mol. The van der Waals surface area contributed by atoms with Gasteiger partial charge in [0.2, 0.25) is 0 Å². The van der Waals surface area contributed by atoms with Gasteiger partial charge in [-0.15, -0.1) is 0 Å². The van der Waals surface area contributed by atoms with Crippen LogP contribution in [0.15, 0.2) is 18.2 Å². The topological polar surface area (TPSA) is 46.5 Å². The molecular formula is C14H19ClO3. The van der Waals surface area contributed by atoms with Crippen LogP contribution < -0.4 is 4.74 Å². The summed E-state index contributed by atoms with van der Waals surface area (Å²) in [4.78, 5) is 11.0. The summed E-state index contributed by atoms with van der Waals surface area (Å²) in [5.74, 6) is -0.0458. The fourth-order valence-corrected chi connectivity index (χ4v) is 1.87. The number of hydrogen-bond acceptors (Lipinski definition) is 2. The van der Waals surface area contributed by atoms with Crippen LogP contribution in [0.2, 0.25) is 5.02 Å². The lowest BCUT2D eigenvalue weighted by molar-refractivity contribution is -0.145. The van der Waals surface area contributed by atoms with E-state index >= 15 is 0 Å². The van der Waals surface area contributed by atoms with Gasteiger partial charge in [0.1, 0.15) is 5.75 Å². The Morgan fingerprint density at radius 3 is 2.56 bits per heavy atom. The molecule has 0 heterocycles. The van der Waals surface area contributed by atoms with Gasteiger partial charge in [0.25, 0.3) is 0 Å². The van der Waals surface area contributed by atoms with Crippen molar-refractivity contribution in [2.24, 2.45) is 0 Å². The molecule has 0 bridgehead atoms. The van der Waals surface area contributed by atoms with Gasteiger partial charge in [0, 0.05) is 5.02 Å². The molecule has 0 saturated carbocycles. The minimum atomic E-state index is -0.942. The second kappa shape index (κ2) is 6.64. The number of hydrogen-bond donors (Lipinski definition) is 1. The smallest absolute Gasteiger partial charge is 0.344 e. The molecule has 0 aliphatic heterocycles. The highest BCUT2D eigenvalue weighted by Gasteiger charge is 2.20. The molecule has 1 rings (SSSR count). The molecule has 0 fully saturated rings. The third-order valence-corrected chi connectivity index (χ3v) is 3.27. The highest BCUT2D eigenvalue weighted by molar-refractivity contribution is 6.30. The van der Waals surface area contributed by atoms with Gasteiger partial charge in [-0.3, -0.25) is 0 Å². The van der Waals surface area contributed by atoms with E-state index in [0.717, 1.165) is 12.0 Å².